The molecule has 3 aromatic rings. The van der Waals surface area contributed by atoms with Crippen molar-refractivity contribution in [2.45, 2.75) is 6.92 Å². The summed E-state index contributed by atoms with van der Waals surface area (Å²) in [6.45, 7) is 2.80. The van der Waals surface area contributed by atoms with Crippen molar-refractivity contribution >= 4 is 34.5 Å². The number of nitrogens with zero attached hydrogens (tertiary/aromatic N) is 2. The van der Waals surface area contributed by atoms with E-state index < -0.39 is 0 Å². The Labute approximate surface area is 152 Å². The van der Waals surface area contributed by atoms with Crippen molar-refractivity contribution in [2.24, 2.45) is 0 Å². The number of anilines is 3. The number of benzene rings is 2. The van der Waals surface area contributed by atoms with Crippen molar-refractivity contribution in [1.29, 1.82) is 0 Å². The molecule has 0 saturated carbocycles. The molecular formula is C19H19N5S. The maximum absolute atomic E-state index is 5.18. The van der Waals surface area contributed by atoms with Gasteiger partial charge in [-0.25, -0.2) is 9.97 Å². The summed E-state index contributed by atoms with van der Waals surface area (Å²) in [5.41, 5.74) is 3.82. The minimum Gasteiger partial charge on any atom is -0.363 e. The van der Waals surface area contributed by atoms with Crippen molar-refractivity contribution in [3.05, 3.63) is 67.0 Å². The second kappa shape index (κ2) is 8.21. The van der Waals surface area contributed by atoms with Crippen LogP contribution in [0, 0.1) is 0 Å². The van der Waals surface area contributed by atoms with E-state index in [4.69, 9.17) is 12.2 Å². The molecule has 2 aromatic carbocycles. The lowest BCUT2D eigenvalue weighted by Crippen LogP contribution is -2.27. The molecule has 1 aromatic heterocycles. The van der Waals surface area contributed by atoms with Crippen molar-refractivity contribution in [2.75, 3.05) is 17.2 Å². The number of hydrogen-bond acceptors (Lipinski definition) is 4. The van der Waals surface area contributed by atoms with Crippen LogP contribution in [-0.4, -0.2) is 21.6 Å². The molecule has 0 aliphatic carbocycles. The normalized spacial score (nSPS) is 10.1. The molecule has 0 spiro atoms. The maximum Gasteiger partial charge on any atom is 0.170 e. The van der Waals surface area contributed by atoms with Crippen LogP contribution in [-0.2, 0) is 0 Å². The van der Waals surface area contributed by atoms with Crippen LogP contribution in [0.15, 0.2) is 67.0 Å². The highest BCUT2D eigenvalue weighted by atomic mass is 32.1. The van der Waals surface area contributed by atoms with Crippen LogP contribution in [0.2, 0.25) is 0 Å². The van der Waals surface area contributed by atoms with Crippen molar-refractivity contribution in [3.8, 4) is 11.3 Å². The molecule has 3 N–H and O–H groups in total. The molecule has 0 aliphatic heterocycles. The molecule has 1 heterocycles. The summed E-state index contributed by atoms with van der Waals surface area (Å²) in [5.74, 6) is 0.748. The van der Waals surface area contributed by atoms with Gasteiger partial charge in [0.1, 0.15) is 12.1 Å². The van der Waals surface area contributed by atoms with Gasteiger partial charge in [-0.15, -0.1) is 0 Å². The second-order valence-electron chi connectivity index (χ2n) is 5.34. The zero-order chi connectivity index (χ0) is 17.5. The smallest absolute Gasteiger partial charge is 0.170 e. The topological polar surface area (TPSA) is 61.9 Å². The van der Waals surface area contributed by atoms with Crippen LogP contribution in [0.1, 0.15) is 6.92 Å². The van der Waals surface area contributed by atoms with Crippen LogP contribution in [0.5, 0.6) is 0 Å². The average Bonchev–Trinajstić information content (AvgIpc) is 2.65. The maximum atomic E-state index is 5.18. The Bertz CT molecular complexity index is 834. The first-order valence-corrected chi connectivity index (χ1v) is 8.45. The Morgan fingerprint density at radius 2 is 1.68 bits per heavy atom. The third-order valence-electron chi connectivity index (χ3n) is 3.49. The average molecular weight is 349 g/mol. The highest BCUT2D eigenvalue weighted by Gasteiger charge is 2.03. The van der Waals surface area contributed by atoms with E-state index in [1.165, 1.54) is 0 Å². The van der Waals surface area contributed by atoms with Gasteiger partial charge in [0.15, 0.2) is 5.11 Å². The molecular weight excluding hydrogens is 330 g/mol. The van der Waals surface area contributed by atoms with Gasteiger partial charge in [-0.2, -0.15) is 0 Å². The zero-order valence-electron chi connectivity index (χ0n) is 13.9. The fourth-order valence-corrected chi connectivity index (χ4v) is 2.58. The van der Waals surface area contributed by atoms with E-state index in [1.54, 1.807) is 6.33 Å². The fraction of sp³-hybridized carbons (Fsp3) is 0.105. The molecule has 0 fully saturated rings. The third-order valence-corrected chi connectivity index (χ3v) is 3.74. The zero-order valence-corrected chi connectivity index (χ0v) is 14.7. The molecule has 0 amide bonds. The Kier molecular flexibility index (Phi) is 5.53. The van der Waals surface area contributed by atoms with Gasteiger partial charge >= 0.3 is 0 Å². The van der Waals surface area contributed by atoms with E-state index in [2.05, 4.69) is 25.9 Å². The Morgan fingerprint density at radius 3 is 2.40 bits per heavy atom. The van der Waals surface area contributed by atoms with Crippen LogP contribution in [0.25, 0.3) is 11.3 Å². The van der Waals surface area contributed by atoms with Gasteiger partial charge in [-0.3, -0.25) is 0 Å². The van der Waals surface area contributed by atoms with Gasteiger partial charge < -0.3 is 16.0 Å². The van der Waals surface area contributed by atoms with Gasteiger partial charge in [-0.05, 0) is 43.4 Å². The summed E-state index contributed by atoms with van der Waals surface area (Å²) in [6.07, 6.45) is 1.56. The summed E-state index contributed by atoms with van der Waals surface area (Å²) in [7, 11) is 0. The first-order valence-electron chi connectivity index (χ1n) is 8.04. The number of hydrogen-bond donors (Lipinski definition) is 3. The summed E-state index contributed by atoms with van der Waals surface area (Å²) in [4.78, 5) is 8.62. The largest absolute Gasteiger partial charge is 0.363 e. The van der Waals surface area contributed by atoms with Gasteiger partial charge in [-0.1, -0.05) is 30.3 Å². The molecule has 0 unspecified atom stereocenters. The Morgan fingerprint density at radius 1 is 0.960 bits per heavy atom. The summed E-state index contributed by atoms with van der Waals surface area (Å²) >= 11 is 5.18. The number of rotatable bonds is 5. The highest BCUT2D eigenvalue weighted by Crippen LogP contribution is 2.21. The first-order chi connectivity index (χ1) is 12.2. The standard InChI is InChI=1S/C19H19N5S/c1-2-20-19(25)24-16-10-8-15(9-11-16)23-18-12-17(21-13-22-18)14-6-4-3-5-7-14/h3-13H,2H2,1H3,(H2,20,24,25)(H,21,22,23). The van der Waals surface area contributed by atoms with Crippen molar-refractivity contribution in [3.63, 3.8) is 0 Å². The molecule has 0 radical (unpaired) electrons. The molecule has 25 heavy (non-hydrogen) atoms. The summed E-state index contributed by atoms with van der Waals surface area (Å²) < 4.78 is 0. The van der Waals surface area contributed by atoms with Gasteiger partial charge in [0.05, 0.1) is 5.69 Å². The van der Waals surface area contributed by atoms with E-state index >= 15 is 0 Å². The van der Waals surface area contributed by atoms with Crippen LogP contribution in [0.4, 0.5) is 17.2 Å². The Balaban J connectivity index is 1.69. The fourth-order valence-electron chi connectivity index (χ4n) is 2.31. The van der Waals surface area contributed by atoms with E-state index in [1.807, 2.05) is 67.6 Å². The van der Waals surface area contributed by atoms with Crippen LogP contribution < -0.4 is 16.0 Å². The van der Waals surface area contributed by atoms with E-state index in [-0.39, 0.29) is 0 Å². The highest BCUT2D eigenvalue weighted by molar-refractivity contribution is 7.80. The summed E-state index contributed by atoms with van der Waals surface area (Å²) in [6, 6.07) is 19.8. The molecule has 126 valence electrons. The van der Waals surface area contributed by atoms with E-state index in [9.17, 15) is 0 Å². The molecule has 3 rings (SSSR count). The third kappa shape index (κ3) is 4.74. The molecule has 0 saturated heterocycles. The first kappa shape index (κ1) is 16.9. The number of aromatic nitrogens is 2. The van der Waals surface area contributed by atoms with Gasteiger partial charge in [0.25, 0.3) is 0 Å². The molecule has 0 aliphatic rings. The predicted octanol–water partition coefficient (Wildman–Crippen LogP) is 4.19. The summed E-state index contributed by atoms with van der Waals surface area (Å²) in [5, 5.41) is 10.1. The molecule has 6 heteroatoms. The van der Waals surface area contributed by atoms with Gasteiger partial charge in [0, 0.05) is 29.5 Å². The quantitative estimate of drug-likeness (QED) is 0.600. The number of nitrogens with one attached hydrogen (secondary N) is 3. The molecule has 0 bridgehead atoms. The van der Waals surface area contributed by atoms with Crippen LogP contribution in [0.3, 0.4) is 0 Å². The van der Waals surface area contributed by atoms with Crippen molar-refractivity contribution < 1.29 is 0 Å². The lowest BCUT2D eigenvalue weighted by Gasteiger charge is -2.10. The van der Waals surface area contributed by atoms with E-state index in [0.717, 1.165) is 35.0 Å². The SMILES string of the molecule is CCNC(=S)Nc1ccc(Nc2cc(-c3ccccc3)ncn2)cc1. The molecule has 0 atom stereocenters. The minimum absolute atomic E-state index is 0.617. The lowest BCUT2D eigenvalue weighted by atomic mass is 10.1. The molecule has 5 nitrogen and oxygen atoms in total. The van der Waals surface area contributed by atoms with Crippen LogP contribution >= 0.6 is 12.2 Å². The Hall–Kier alpha value is -2.99. The lowest BCUT2D eigenvalue weighted by molar-refractivity contribution is 0.979. The predicted molar refractivity (Wildman–Crippen MR) is 107 cm³/mol. The monoisotopic (exact) mass is 349 g/mol. The minimum atomic E-state index is 0.617. The van der Waals surface area contributed by atoms with E-state index in [0.29, 0.717) is 5.11 Å². The van der Waals surface area contributed by atoms with Crippen molar-refractivity contribution in [1.82, 2.24) is 15.3 Å². The number of thiocarbonyl (C=S) groups is 1. The van der Waals surface area contributed by atoms with Gasteiger partial charge in [0.2, 0.25) is 0 Å². The second-order valence-corrected chi connectivity index (χ2v) is 5.75.